The van der Waals surface area contributed by atoms with Gasteiger partial charge >= 0.3 is 5.97 Å². The van der Waals surface area contributed by atoms with Crippen LogP contribution in [-0.4, -0.2) is 40.5 Å². The Morgan fingerprint density at radius 2 is 2.05 bits per heavy atom. The fraction of sp³-hybridized carbons (Fsp3) is 0.692. The largest absolute Gasteiger partial charge is 0.468 e. The molecule has 0 aromatic carbocycles. The van der Waals surface area contributed by atoms with Crippen molar-refractivity contribution in [3.05, 3.63) is 11.9 Å². The van der Waals surface area contributed by atoms with Gasteiger partial charge in [0.25, 0.3) is 5.91 Å². The first kappa shape index (κ1) is 14.5. The molecule has 1 heterocycles. The molecule has 0 saturated heterocycles. The van der Waals surface area contributed by atoms with E-state index in [1.807, 2.05) is 0 Å². The molecular formula is C13H20N4O3. The quantitative estimate of drug-likeness (QED) is 0.658. The zero-order valence-corrected chi connectivity index (χ0v) is 11.7. The van der Waals surface area contributed by atoms with Gasteiger partial charge < -0.3 is 10.1 Å². The Morgan fingerprint density at radius 3 is 2.70 bits per heavy atom. The Hall–Kier alpha value is -1.92. The van der Waals surface area contributed by atoms with Crippen LogP contribution >= 0.6 is 0 Å². The summed E-state index contributed by atoms with van der Waals surface area (Å²) in [6, 6.07) is 0.326. The summed E-state index contributed by atoms with van der Waals surface area (Å²) >= 11 is 0. The summed E-state index contributed by atoms with van der Waals surface area (Å²) in [7, 11) is 1.27. The van der Waals surface area contributed by atoms with Gasteiger partial charge in [-0.05, 0) is 12.8 Å². The number of esters is 1. The molecule has 2 rings (SSSR count). The molecule has 1 aromatic heterocycles. The first-order chi connectivity index (χ1) is 9.70. The molecule has 0 atom stereocenters. The Balaban J connectivity index is 1.93. The Morgan fingerprint density at radius 1 is 1.35 bits per heavy atom. The summed E-state index contributed by atoms with van der Waals surface area (Å²) in [5, 5.41) is 10.4. The number of hydrogen-bond acceptors (Lipinski definition) is 5. The van der Waals surface area contributed by atoms with Crippen molar-refractivity contribution < 1.29 is 14.3 Å². The lowest BCUT2D eigenvalue weighted by Gasteiger charge is -2.12. The molecule has 20 heavy (non-hydrogen) atoms. The number of aromatic nitrogens is 3. The van der Waals surface area contributed by atoms with Crippen LogP contribution < -0.4 is 5.32 Å². The van der Waals surface area contributed by atoms with Gasteiger partial charge in [0.15, 0.2) is 5.69 Å². The third kappa shape index (κ3) is 3.79. The van der Waals surface area contributed by atoms with Gasteiger partial charge in [-0.1, -0.05) is 30.9 Å². The molecule has 7 nitrogen and oxygen atoms in total. The van der Waals surface area contributed by atoms with E-state index in [0.717, 1.165) is 12.8 Å². The van der Waals surface area contributed by atoms with Crippen LogP contribution in [0, 0.1) is 0 Å². The summed E-state index contributed by atoms with van der Waals surface area (Å²) in [6.07, 6.45) is 8.71. The van der Waals surface area contributed by atoms with E-state index in [-0.39, 0.29) is 12.2 Å². The number of carbonyl (C=O) groups is 2. The van der Waals surface area contributed by atoms with Gasteiger partial charge in [0.2, 0.25) is 0 Å². The standard InChI is InChI=1S/C13H20N4O3/c1-20-12(18)8-14-13(19)11-9-17(16-15-11)10-6-4-2-3-5-7-10/h9-10H,2-8H2,1H3,(H,14,19). The van der Waals surface area contributed by atoms with Gasteiger partial charge in [0, 0.05) is 0 Å². The molecule has 1 amide bonds. The predicted molar refractivity (Wildman–Crippen MR) is 71.1 cm³/mol. The number of nitrogens with zero attached hydrogens (tertiary/aromatic N) is 3. The molecule has 1 saturated carbocycles. The minimum atomic E-state index is -0.491. The Bertz CT molecular complexity index is 464. The number of hydrogen-bond donors (Lipinski definition) is 1. The summed E-state index contributed by atoms with van der Waals surface area (Å²) in [5.74, 6) is -0.898. The maximum absolute atomic E-state index is 11.8. The number of nitrogens with one attached hydrogen (secondary N) is 1. The van der Waals surface area contributed by atoms with Crippen LogP contribution in [0.5, 0.6) is 0 Å². The maximum Gasteiger partial charge on any atom is 0.325 e. The van der Waals surface area contributed by atoms with E-state index >= 15 is 0 Å². The van der Waals surface area contributed by atoms with E-state index in [0.29, 0.717) is 6.04 Å². The van der Waals surface area contributed by atoms with E-state index < -0.39 is 11.9 Å². The van der Waals surface area contributed by atoms with Crippen LogP contribution in [0.1, 0.15) is 55.1 Å². The minimum Gasteiger partial charge on any atom is -0.468 e. The molecule has 110 valence electrons. The number of ether oxygens (including phenoxy) is 1. The van der Waals surface area contributed by atoms with E-state index in [9.17, 15) is 9.59 Å². The molecule has 7 heteroatoms. The second-order valence-electron chi connectivity index (χ2n) is 4.99. The van der Waals surface area contributed by atoms with Crippen molar-refractivity contribution in [2.24, 2.45) is 0 Å². The SMILES string of the molecule is COC(=O)CNC(=O)c1cn(C2CCCCCC2)nn1. The van der Waals surface area contributed by atoms with Crippen LogP contribution in [0.15, 0.2) is 6.20 Å². The fourth-order valence-corrected chi connectivity index (χ4v) is 2.40. The zero-order valence-electron chi connectivity index (χ0n) is 11.7. The summed E-state index contributed by atoms with van der Waals surface area (Å²) in [4.78, 5) is 22.8. The normalized spacial score (nSPS) is 16.4. The van der Waals surface area contributed by atoms with Crippen molar-refractivity contribution in [3.63, 3.8) is 0 Å². The molecule has 1 aromatic rings. The van der Waals surface area contributed by atoms with Crippen molar-refractivity contribution in [2.75, 3.05) is 13.7 Å². The topological polar surface area (TPSA) is 86.1 Å². The highest BCUT2D eigenvalue weighted by atomic mass is 16.5. The molecular weight excluding hydrogens is 260 g/mol. The molecule has 0 spiro atoms. The van der Waals surface area contributed by atoms with Crippen molar-refractivity contribution in [3.8, 4) is 0 Å². The lowest BCUT2D eigenvalue weighted by Crippen LogP contribution is -2.30. The minimum absolute atomic E-state index is 0.161. The number of amides is 1. The highest BCUT2D eigenvalue weighted by molar-refractivity contribution is 5.93. The summed E-state index contributed by atoms with van der Waals surface area (Å²) in [6.45, 7) is -0.161. The van der Waals surface area contributed by atoms with Crippen LogP contribution in [-0.2, 0) is 9.53 Å². The smallest absolute Gasteiger partial charge is 0.325 e. The first-order valence-corrected chi connectivity index (χ1v) is 6.97. The Labute approximate surface area is 117 Å². The lowest BCUT2D eigenvalue weighted by atomic mass is 10.1. The van der Waals surface area contributed by atoms with Gasteiger partial charge in [0.1, 0.15) is 6.54 Å². The van der Waals surface area contributed by atoms with Gasteiger partial charge in [-0.2, -0.15) is 0 Å². The van der Waals surface area contributed by atoms with E-state index in [4.69, 9.17) is 0 Å². The van der Waals surface area contributed by atoms with Gasteiger partial charge in [-0.15, -0.1) is 5.10 Å². The number of methoxy groups -OCH3 is 1. The molecule has 1 N–H and O–H groups in total. The third-order valence-corrected chi connectivity index (χ3v) is 3.56. The zero-order chi connectivity index (χ0) is 14.4. The van der Waals surface area contributed by atoms with E-state index in [2.05, 4.69) is 20.4 Å². The van der Waals surface area contributed by atoms with Gasteiger partial charge in [-0.3, -0.25) is 9.59 Å². The third-order valence-electron chi connectivity index (χ3n) is 3.56. The molecule has 0 bridgehead atoms. The highest BCUT2D eigenvalue weighted by Crippen LogP contribution is 2.26. The van der Waals surface area contributed by atoms with Crippen molar-refractivity contribution in [1.29, 1.82) is 0 Å². The van der Waals surface area contributed by atoms with E-state index in [1.165, 1.54) is 32.8 Å². The molecule has 0 unspecified atom stereocenters. The molecule has 1 aliphatic carbocycles. The van der Waals surface area contributed by atoms with Crippen LogP contribution in [0.4, 0.5) is 0 Å². The second kappa shape index (κ2) is 7.02. The molecule has 0 aliphatic heterocycles. The Kier molecular flexibility index (Phi) is 5.09. The monoisotopic (exact) mass is 280 g/mol. The number of carbonyl (C=O) groups excluding carboxylic acids is 2. The van der Waals surface area contributed by atoms with E-state index in [1.54, 1.807) is 10.9 Å². The molecule has 0 radical (unpaired) electrons. The van der Waals surface area contributed by atoms with Crippen LogP contribution in [0.3, 0.4) is 0 Å². The van der Waals surface area contributed by atoms with Crippen LogP contribution in [0.25, 0.3) is 0 Å². The average Bonchev–Trinajstić information content (AvgIpc) is 2.80. The van der Waals surface area contributed by atoms with Crippen molar-refractivity contribution >= 4 is 11.9 Å². The lowest BCUT2D eigenvalue weighted by molar-refractivity contribution is -0.139. The fourth-order valence-electron chi connectivity index (χ4n) is 2.40. The summed E-state index contributed by atoms with van der Waals surface area (Å²) in [5.41, 5.74) is 0.234. The van der Waals surface area contributed by atoms with Crippen LogP contribution in [0.2, 0.25) is 0 Å². The van der Waals surface area contributed by atoms with Crippen molar-refractivity contribution in [1.82, 2.24) is 20.3 Å². The number of rotatable bonds is 4. The van der Waals surface area contributed by atoms with Gasteiger partial charge in [0.05, 0.1) is 19.3 Å². The van der Waals surface area contributed by atoms with Gasteiger partial charge in [-0.25, -0.2) is 4.68 Å². The van der Waals surface area contributed by atoms with Crippen molar-refractivity contribution in [2.45, 2.75) is 44.6 Å². The molecule has 1 aliphatic rings. The first-order valence-electron chi connectivity index (χ1n) is 6.97. The average molecular weight is 280 g/mol. The predicted octanol–water partition coefficient (Wildman–Crippen LogP) is 1.08. The molecule has 1 fully saturated rings. The second-order valence-corrected chi connectivity index (χ2v) is 4.99. The summed E-state index contributed by atoms with van der Waals surface area (Å²) < 4.78 is 6.23. The highest BCUT2D eigenvalue weighted by Gasteiger charge is 2.18. The maximum atomic E-state index is 11.8.